The number of carbonyl (C=O) groups excluding carboxylic acids is 4. The Morgan fingerprint density at radius 1 is 0.921 bits per heavy atom. The van der Waals surface area contributed by atoms with Crippen molar-refractivity contribution in [1.29, 1.82) is 0 Å². The highest BCUT2D eigenvalue weighted by molar-refractivity contribution is 6.40. The number of halogens is 3. The fourth-order valence-corrected chi connectivity index (χ4v) is 4.23. The Morgan fingerprint density at radius 2 is 1.66 bits per heavy atom. The summed E-state index contributed by atoms with van der Waals surface area (Å²) in [7, 11) is 0. The van der Waals surface area contributed by atoms with Crippen LogP contribution in [0.25, 0.3) is 0 Å². The number of hydrazine groups is 1. The molecule has 3 aromatic rings. The van der Waals surface area contributed by atoms with Crippen LogP contribution in [-0.2, 0) is 27.2 Å². The molecule has 0 atom stereocenters. The van der Waals surface area contributed by atoms with Crippen LogP contribution in [0.5, 0.6) is 0 Å². The number of carbonyl (C=O) groups is 4. The lowest BCUT2D eigenvalue weighted by atomic mass is 9.90. The topological polar surface area (TPSA) is 116 Å². The Kier molecular flexibility index (Phi) is 7.85. The number of amides is 2. The maximum absolute atomic E-state index is 14.5. The van der Waals surface area contributed by atoms with Crippen LogP contribution in [0.3, 0.4) is 0 Å². The van der Waals surface area contributed by atoms with Gasteiger partial charge in [0.25, 0.3) is 5.56 Å². The number of Topliss-reactive ketones (excluding diaryl/α,β-unsaturated/α-hetero) is 2. The first-order valence-corrected chi connectivity index (χ1v) is 11.7. The lowest BCUT2D eigenvalue weighted by molar-refractivity contribution is -0.144. The SMILES string of the molecule is O=C(CC(=O)c1c(Cc2ccccc2F)c(Cc2ccc(F)cc2F)c[nH]c1=O)C(=O)NN1CCCC1=O. The predicted octanol–water partition coefficient (Wildman–Crippen LogP) is 2.77. The number of nitrogens with one attached hydrogen (secondary N) is 2. The molecule has 0 bridgehead atoms. The Balaban J connectivity index is 1.68. The molecule has 4 rings (SSSR count). The summed E-state index contributed by atoms with van der Waals surface area (Å²) < 4.78 is 42.3. The monoisotopic (exact) mass is 525 g/mol. The summed E-state index contributed by atoms with van der Waals surface area (Å²) in [4.78, 5) is 64.8. The molecule has 0 radical (unpaired) electrons. The van der Waals surface area contributed by atoms with E-state index in [1.807, 2.05) is 0 Å². The van der Waals surface area contributed by atoms with E-state index in [2.05, 4.69) is 10.4 Å². The predicted molar refractivity (Wildman–Crippen MR) is 128 cm³/mol. The van der Waals surface area contributed by atoms with E-state index in [1.165, 1.54) is 30.5 Å². The van der Waals surface area contributed by atoms with Gasteiger partial charge in [-0.2, -0.15) is 0 Å². The lowest BCUT2D eigenvalue weighted by Gasteiger charge is -2.16. The molecule has 196 valence electrons. The molecule has 1 aliphatic heterocycles. The van der Waals surface area contributed by atoms with Crippen molar-refractivity contribution < 1.29 is 32.3 Å². The minimum Gasteiger partial charge on any atom is -0.328 e. The molecule has 8 nitrogen and oxygen atoms in total. The summed E-state index contributed by atoms with van der Waals surface area (Å²) in [5.74, 6) is -6.01. The van der Waals surface area contributed by atoms with Gasteiger partial charge in [0.15, 0.2) is 5.78 Å². The Labute approximate surface area is 214 Å². The van der Waals surface area contributed by atoms with Gasteiger partial charge in [0.1, 0.15) is 17.5 Å². The van der Waals surface area contributed by atoms with Crippen LogP contribution < -0.4 is 11.0 Å². The van der Waals surface area contributed by atoms with E-state index in [0.717, 1.165) is 11.1 Å². The maximum Gasteiger partial charge on any atom is 0.306 e. The number of hydrogen-bond donors (Lipinski definition) is 2. The quantitative estimate of drug-likeness (QED) is 0.253. The number of aromatic amines is 1. The lowest BCUT2D eigenvalue weighted by Crippen LogP contribution is -2.46. The van der Waals surface area contributed by atoms with Crippen LogP contribution in [0.15, 0.2) is 53.5 Å². The van der Waals surface area contributed by atoms with Crippen LogP contribution in [0.4, 0.5) is 13.2 Å². The van der Waals surface area contributed by atoms with Crippen molar-refractivity contribution in [3.63, 3.8) is 0 Å². The van der Waals surface area contributed by atoms with Crippen molar-refractivity contribution in [3.8, 4) is 0 Å². The third kappa shape index (κ3) is 5.88. The average molecular weight is 525 g/mol. The van der Waals surface area contributed by atoms with Gasteiger partial charge in [-0.1, -0.05) is 24.3 Å². The largest absolute Gasteiger partial charge is 0.328 e. The summed E-state index contributed by atoms with van der Waals surface area (Å²) in [5, 5.41) is 0.985. The van der Waals surface area contributed by atoms with E-state index in [4.69, 9.17) is 0 Å². The van der Waals surface area contributed by atoms with Crippen molar-refractivity contribution in [2.45, 2.75) is 32.1 Å². The fraction of sp³-hybridized carbons (Fsp3) is 0.222. The molecule has 2 N–H and O–H groups in total. The summed E-state index contributed by atoms with van der Waals surface area (Å²) in [6.45, 7) is 0.222. The Hall–Kier alpha value is -4.54. The highest BCUT2D eigenvalue weighted by atomic mass is 19.1. The third-order valence-corrected chi connectivity index (χ3v) is 6.18. The van der Waals surface area contributed by atoms with Crippen LogP contribution in [0.2, 0.25) is 0 Å². The second-order valence-corrected chi connectivity index (χ2v) is 8.79. The smallest absolute Gasteiger partial charge is 0.306 e. The van der Waals surface area contributed by atoms with Gasteiger partial charge >= 0.3 is 5.91 Å². The Morgan fingerprint density at radius 3 is 2.34 bits per heavy atom. The van der Waals surface area contributed by atoms with Crippen LogP contribution in [0.1, 0.15) is 51.9 Å². The van der Waals surface area contributed by atoms with E-state index >= 15 is 0 Å². The summed E-state index contributed by atoms with van der Waals surface area (Å²) in [5.41, 5.74) is 1.25. The van der Waals surface area contributed by atoms with Crippen LogP contribution >= 0.6 is 0 Å². The molecule has 0 saturated carbocycles. The van der Waals surface area contributed by atoms with Crippen molar-refractivity contribution >= 4 is 23.4 Å². The number of pyridine rings is 1. The summed E-state index contributed by atoms with van der Waals surface area (Å²) in [6, 6.07) is 8.59. The zero-order chi connectivity index (χ0) is 27.4. The zero-order valence-corrected chi connectivity index (χ0v) is 20.0. The van der Waals surface area contributed by atoms with Crippen molar-refractivity contribution in [2.75, 3.05) is 6.54 Å². The molecule has 2 heterocycles. The fourth-order valence-electron chi connectivity index (χ4n) is 4.23. The van der Waals surface area contributed by atoms with Crippen molar-refractivity contribution in [2.24, 2.45) is 0 Å². The number of ketones is 2. The van der Waals surface area contributed by atoms with E-state index in [9.17, 15) is 37.1 Å². The van der Waals surface area contributed by atoms with Gasteiger partial charge in [-0.3, -0.25) is 34.4 Å². The molecule has 38 heavy (non-hydrogen) atoms. The second-order valence-electron chi connectivity index (χ2n) is 8.79. The summed E-state index contributed by atoms with van der Waals surface area (Å²) >= 11 is 0. The van der Waals surface area contributed by atoms with Gasteiger partial charge in [0.2, 0.25) is 11.7 Å². The molecule has 2 amide bonds. The second kappa shape index (κ2) is 11.2. The number of H-pyrrole nitrogens is 1. The highest BCUT2D eigenvalue weighted by Gasteiger charge is 2.28. The average Bonchev–Trinajstić information content (AvgIpc) is 3.27. The van der Waals surface area contributed by atoms with E-state index in [0.29, 0.717) is 12.5 Å². The van der Waals surface area contributed by atoms with Gasteiger partial charge < -0.3 is 4.98 Å². The minimum absolute atomic E-state index is 0.0375. The zero-order valence-electron chi connectivity index (χ0n) is 20.0. The van der Waals surface area contributed by atoms with E-state index < -0.39 is 52.5 Å². The molecule has 11 heteroatoms. The molecule has 1 saturated heterocycles. The summed E-state index contributed by atoms with van der Waals surface area (Å²) in [6.07, 6.45) is 0.532. The minimum atomic E-state index is -1.19. The number of hydrogen-bond acceptors (Lipinski definition) is 5. The van der Waals surface area contributed by atoms with Gasteiger partial charge in [0.05, 0.1) is 12.0 Å². The van der Waals surface area contributed by atoms with E-state index in [-0.39, 0.29) is 54.0 Å². The normalized spacial score (nSPS) is 13.0. The third-order valence-electron chi connectivity index (χ3n) is 6.18. The van der Waals surface area contributed by atoms with Gasteiger partial charge in [-0.25, -0.2) is 13.2 Å². The van der Waals surface area contributed by atoms with Crippen molar-refractivity contribution in [3.05, 3.63) is 104 Å². The van der Waals surface area contributed by atoms with Crippen molar-refractivity contribution in [1.82, 2.24) is 15.4 Å². The molecule has 1 aliphatic rings. The standard InChI is InChI=1S/C27H22F3N3O5/c28-18-8-7-16(21(30)12-18)10-17-14-31-27(38)25(19(17)11-15-4-1-2-5-20(15)29)22(34)13-23(35)26(37)32-33-9-3-6-24(33)36/h1-2,4-5,7-8,12,14H,3,6,9-11,13H2,(H,31,38)(H,32,37). The first-order valence-electron chi connectivity index (χ1n) is 11.7. The van der Waals surface area contributed by atoms with E-state index in [1.54, 1.807) is 6.07 Å². The molecular formula is C27H22F3N3O5. The van der Waals surface area contributed by atoms with Crippen LogP contribution in [0, 0.1) is 17.5 Å². The molecule has 0 unspecified atom stereocenters. The maximum atomic E-state index is 14.5. The molecular weight excluding hydrogens is 503 g/mol. The molecule has 2 aromatic carbocycles. The molecule has 1 fully saturated rings. The van der Waals surface area contributed by atoms with Crippen LogP contribution in [-0.4, -0.2) is 39.9 Å². The number of rotatable bonds is 9. The van der Waals surface area contributed by atoms with Gasteiger partial charge in [-0.05, 0) is 40.8 Å². The highest BCUT2D eigenvalue weighted by Crippen LogP contribution is 2.23. The molecule has 1 aromatic heterocycles. The molecule has 0 spiro atoms. The number of nitrogens with zero attached hydrogens (tertiary/aromatic N) is 1. The first kappa shape index (κ1) is 26.5. The first-order chi connectivity index (χ1) is 18.1. The van der Waals surface area contributed by atoms with Gasteiger partial charge in [-0.15, -0.1) is 0 Å². The number of aromatic nitrogens is 1. The Bertz CT molecular complexity index is 1500. The van der Waals surface area contributed by atoms with Gasteiger partial charge in [0, 0.05) is 38.1 Å². The number of benzene rings is 2. The molecule has 0 aliphatic carbocycles.